The second-order valence-electron chi connectivity index (χ2n) is 7.29. The number of rotatable bonds is 5. The second-order valence-corrected chi connectivity index (χ2v) is 7.29. The zero-order valence-electron chi connectivity index (χ0n) is 17.2. The lowest BCUT2D eigenvalue weighted by molar-refractivity contribution is -0.274. The van der Waals surface area contributed by atoms with Crippen molar-refractivity contribution in [3.63, 3.8) is 0 Å². The summed E-state index contributed by atoms with van der Waals surface area (Å²) >= 11 is 0. The molecular weight excluding hydrogens is 460 g/mol. The van der Waals surface area contributed by atoms with E-state index in [1.54, 1.807) is 12.1 Å². The van der Waals surface area contributed by atoms with Crippen LogP contribution in [-0.4, -0.2) is 37.4 Å². The van der Waals surface area contributed by atoms with Crippen molar-refractivity contribution in [1.29, 1.82) is 0 Å². The molecule has 0 amide bonds. The van der Waals surface area contributed by atoms with Gasteiger partial charge in [-0.1, -0.05) is 66.7 Å². The SMILES string of the molecule is Cl.Cl.FC(F)(F)Oc1ccc([C@@H](c2ccc(-c3ccccc3)cc2)N2CCNCC2)cc1. The van der Waals surface area contributed by atoms with Gasteiger partial charge in [0.25, 0.3) is 0 Å². The molecule has 1 aliphatic rings. The van der Waals surface area contributed by atoms with Crippen molar-refractivity contribution in [2.24, 2.45) is 0 Å². The summed E-state index contributed by atoms with van der Waals surface area (Å²) in [6.45, 7) is 3.50. The van der Waals surface area contributed by atoms with Gasteiger partial charge in [-0.15, -0.1) is 38.0 Å². The van der Waals surface area contributed by atoms with Crippen LogP contribution in [-0.2, 0) is 0 Å². The van der Waals surface area contributed by atoms with E-state index in [2.05, 4.69) is 51.4 Å². The van der Waals surface area contributed by atoms with E-state index in [-0.39, 0.29) is 36.6 Å². The number of hydrogen-bond donors (Lipinski definition) is 1. The van der Waals surface area contributed by atoms with Crippen molar-refractivity contribution in [3.8, 4) is 16.9 Å². The van der Waals surface area contributed by atoms with Gasteiger partial charge in [-0.25, -0.2) is 0 Å². The predicted octanol–water partition coefficient (Wildman–Crippen LogP) is 6.09. The molecule has 0 radical (unpaired) electrons. The zero-order chi connectivity index (χ0) is 21.0. The van der Waals surface area contributed by atoms with Crippen LogP contribution in [0.5, 0.6) is 5.75 Å². The maximum absolute atomic E-state index is 12.5. The van der Waals surface area contributed by atoms with Crippen LogP contribution in [0.25, 0.3) is 11.1 Å². The predicted molar refractivity (Wildman–Crippen MR) is 126 cm³/mol. The molecule has 1 fully saturated rings. The van der Waals surface area contributed by atoms with Gasteiger partial charge in [-0.3, -0.25) is 4.90 Å². The summed E-state index contributed by atoms with van der Waals surface area (Å²) in [5.41, 5.74) is 4.34. The first-order valence-corrected chi connectivity index (χ1v) is 9.95. The summed E-state index contributed by atoms with van der Waals surface area (Å²) in [4.78, 5) is 2.35. The van der Waals surface area contributed by atoms with Crippen molar-refractivity contribution in [2.75, 3.05) is 26.2 Å². The molecule has 172 valence electrons. The molecule has 1 heterocycles. The lowest BCUT2D eigenvalue weighted by Gasteiger charge is -2.35. The first kappa shape index (κ1) is 26.0. The Morgan fingerprint density at radius 1 is 0.719 bits per heavy atom. The molecule has 4 rings (SSSR count). The van der Waals surface area contributed by atoms with Crippen molar-refractivity contribution in [3.05, 3.63) is 90.0 Å². The van der Waals surface area contributed by atoms with Crippen LogP contribution in [0.15, 0.2) is 78.9 Å². The highest BCUT2D eigenvalue weighted by atomic mass is 35.5. The molecule has 1 saturated heterocycles. The lowest BCUT2D eigenvalue weighted by atomic mass is 9.94. The van der Waals surface area contributed by atoms with Crippen molar-refractivity contribution in [2.45, 2.75) is 12.4 Å². The minimum atomic E-state index is -4.69. The van der Waals surface area contributed by atoms with Crippen molar-refractivity contribution < 1.29 is 17.9 Å². The zero-order valence-corrected chi connectivity index (χ0v) is 18.9. The normalized spacial score (nSPS) is 15.2. The molecule has 3 nitrogen and oxygen atoms in total. The van der Waals surface area contributed by atoms with E-state index in [1.165, 1.54) is 12.1 Å². The summed E-state index contributed by atoms with van der Waals surface area (Å²) in [5.74, 6) is -0.204. The highest BCUT2D eigenvalue weighted by Gasteiger charge is 2.31. The molecule has 0 bridgehead atoms. The first-order valence-electron chi connectivity index (χ1n) is 9.95. The fourth-order valence-corrected chi connectivity index (χ4v) is 3.89. The molecule has 0 aliphatic carbocycles. The maximum Gasteiger partial charge on any atom is 0.573 e. The number of nitrogens with one attached hydrogen (secondary N) is 1. The molecule has 3 aromatic carbocycles. The number of hydrogen-bond acceptors (Lipinski definition) is 3. The van der Waals surface area contributed by atoms with Crippen molar-refractivity contribution >= 4 is 24.8 Å². The van der Waals surface area contributed by atoms with Crippen LogP contribution in [0.3, 0.4) is 0 Å². The largest absolute Gasteiger partial charge is 0.573 e. The third-order valence-electron chi connectivity index (χ3n) is 5.28. The minimum Gasteiger partial charge on any atom is -0.406 e. The smallest absolute Gasteiger partial charge is 0.406 e. The Balaban J connectivity index is 0.00000181. The highest BCUT2D eigenvalue weighted by Crippen LogP contribution is 2.32. The minimum absolute atomic E-state index is 0. The molecule has 0 unspecified atom stereocenters. The summed E-state index contributed by atoms with van der Waals surface area (Å²) in [6, 6.07) is 24.7. The van der Waals surface area contributed by atoms with Crippen LogP contribution in [0.1, 0.15) is 17.2 Å². The Labute approximate surface area is 198 Å². The Morgan fingerprint density at radius 3 is 1.75 bits per heavy atom. The number of nitrogens with zero attached hydrogens (tertiary/aromatic N) is 1. The molecule has 1 N–H and O–H groups in total. The Morgan fingerprint density at radius 2 is 1.22 bits per heavy atom. The number of ether oxygens (including phenoxy) is 1. The van der Waals surface area contributed by atoms with E-state index in [4.69, 9.17) is 0 Å². The number of alkyl halides is 3. The molecule has 8 heteroatoms. The van der Waals surface area contributed by atoms with Crippen molar-refractivity contribution in [1.82, 2.24) is 10.2 Å². The van der Waals surface area contributed by atoms with E-state index in [0.717, 1.165) is 48.4 Å². The summed E-state index contributed by atoms with van der Waals surface area (Å²) in [5, 5.41) is 3.35. The Kier molecular flexibility index (Phi) is 9.40. The number of piperazine rings is 1. The van der Waals surface area contributed by atoms with Gasteiger partial charge in [-0.05, 0) is 34.4 Å². The van der Waals surface area contributed by atoms with Gasteiger partial charge in [0.15, 0.2) is 0 Å². The average molecular weight is 485 g/mol. The van der Waals surface area contributed by atoms with Crippen LogP contribution >= 0.6 is 24.8 Å². The van der Waals surface area contributed by atoms with Crippen LogP contribution in [0.4, 0.5) is 13.2 Å². The van der Waals surface area contributed by atoms with Crippen LogP contribution < -0.4 is 10.1 Å². The standard InChI is InChI=1S/C24H23F3N2O.2ClH/c25-24(26,27)30-22-12-10-21(11-13-22)23(29-16-14-28-15-17-29)20-8-6-19(7-9-20)18-4-2-1-3-5-18;;/h1-13,23,28H,14-17H2;2*1H/t23-;;/m1../s1. The summed E-state index contributed by atoms with van der Waals surface area (Å²) in [7, 11) is 0. The van der Waals surface area contributed by atoms with E-state index in [1.807, 2.05) is 18.2 Å². The van der Waals surface area contributed by atoms with E-state index in [0.29, 0.717) is 0 Å². The topological polar surface area (TPSA) is 24.5 Å². The summed E-state index contributed by atoms with van der Waals surface area (Å²) in [6.07, 6.45) is -4.69. The molecule has 3 aromatic rings. The van der Waals surface area contributed by atoms with Gasteiger partial charge in [-0.2, -0.15) is 0 Å². The van der Waals surface area contributed by atoms with Gasteiger partial charge in [0.05, 0.1) is 6.04 Å². The monoisotopic (exact) mass is 484 g/mol. The molecule has 1 aliphatic heterocycles. The Hall–Kier alpha value is -2.25. The van der Waals surface area contributed by atoms with Crippen LogP contribution in [0, 0.1) is 0 Å². The summed E-state index contributed by atoms with van der Waals surface area (Å²) < 4.78 is 41.5. The third kappa shape index (κ3) is 6.62. The molecule has 0 saturated carbocycles. The average Bonchev–Trinajstić information content (AvgIpc) is 2.76. The molecule has 1 atom stereocenters. The van der Waals surface area contributed by atoms with Gasteiger partial charge in [0.2, 0.25) is 0 Å². The van der Waals surface area contributed by atoms with E-state index in [9.17, 15) is 13.2 Å². The Bertz CT molecular complexity index is 946. The lowest BCUT2D eigenvalue weighted by Crippen LogP contribution is -2.45. The van der Waals surface area contributed by atoms with Gasteiger partial charge < -0.3 is 10.1 Å². The third-order valence-corrected chi connectivity index (χ3v) is 5.28. The fourth-order valence-electron chi connectivity index (χ4n) is 3.89. The van der Waals surface area contributed by atoms with Gasteiger partial charge >= 0.3 is 6.36 Å². The molecule has 0 spiro atoms. The fraction of sp³-hybridized carbons (Fsp3) is 0.250. The second kappa shape index (κ2) is 11.6. The quantitative estimate of drug-likeness (QED) is 0.474. The van der Waals surface area contributed by atoms with E-state index < -0.39 is 6.36 Å². The van der Waals surface area contributed by atoms with Crippen LogP contribution in [0.2, 0.25) is 0 Å². The molecule has 32 heavy (non-hydrogen) atoms. The molecular formula is C24H25Cl2F3N2O. The molecule has 0 aromatic heterocycles. The van der Waals surface area contributed by atoms with E-state index >= 15 is 0 Å². The first-order chi connectivity index (χ1) is 14.5. The number of halogens is 5. The van der Waals surface area contributed by atoms with Gasteiger partial charge in [0.1, 0.15) is 5.75 Å². The highest BCUT2D eigenvalue weighted by molar-refractivity contribution is 5.85. The van der Waals surface area contributed by atoms with Gasteiger partial charge in [0, 0.05) is 26.2 Å². The number of benzene rings is 3. The maximum atomic E-state index is 12.5.